The lowest BCUT2D eigenvalue weighted by molar-refractivity contribution is 0.203. The summed E-state index contributed by atoms with van der Waals surface area (Å²) >= 11 is 0. The van der Waals surface area contributed by atoms with Crippen molar-refractivity contribution in [2.45, 2.75) is 32.2 Å². The van der Waals surface area contributed by atoms with Crippen LogP contribution in [0.4, 0.5) is 0 Å². The zero-order valence-electron chi connectivity index (χ0n) is 13.9. The second kappa shape index (κ2) is 5.40. The molecule has 2 unspecified atom stereocenters. The Bertz CT molecular complexity index is 948. The summed E-state index contributed by atoms with van der Waals surface area (Å²) in [5, 5.41) is 18.5. The Balaban J connectivity index is 1.46. The van der Waals surface area contributed by atoms with Crippen molar-refractivity contribution in [3.05, 3.63) is 64.5 Å². The van der Waals surface area contributed by atoms with Crippen LogP contribution in [0.3, 0.4) is 0 Å². The molecule has 0 saturated carbocycles. The number of aromatic nitrogens is 2. The summed E-state index contributed by atoms with van der Waals surface area (Å²) < 4.78 is 0. The highest BCUT2D eigenvalue weighted by atomic mass is 16.3. The molecule has 126 valence electrons. The first-order valence-electron chi connectivity index (χ1n) is 8.49. The molecule has 3 heterocycles. The van der Waals surface area contributed by atoms with Crippen LogP contribution >= 0.6 is 0 Å². The van der Waals surface area contributed by atoms with Crippen molar-refractivity contribution in [1.29, 1.82) is 0 Å². The zero-order valence-corrected chi connectivity index (χ0v) is 13.9. The van der Waals surface area contributed by atoms with Gasteiger partial charge in [-0.25, -0.2) is 4.98 Å². The number of hydrogen-bond acceptors (Lipinski definition) is 5. The first kappa shape index (κ1) is 14.6. The summed E-state index contributed by atoms with van der Waals surface area (Å²) in [4.78, 5) is 8.03. The first-order valence-corrected chi connectivity index (χ1v) is 8.49. The van der Waals surface area contributed by atoms with Gasteiger partial charge in [-0.05, 0) is 30.2 Å². The number of nitrogens with zero attached hydrogens (tertiary/aromatic N) is 2. The Morgan fingerprint density at radius 3 is 2.64 bits per heavy atom. The van der Waals surface area contributed by atoms with E-state index in [1.165, 1.54) is 16.7 Å². The van der Waals surface area contributed by atoms with E-state index >= 15 is 0 Å². The average molecular weight is 333 g/mol. The minimum Gasteiger partial charge on any atom is -0.384 e. The number of hydrazone groups is 1. The Kier molecular flexibility index (Phi) is 3.16. The van der Waals surface area contributed by atoms with Crippen LogP contribution in [0.1, 0.15) is 34.1 Å². The molecule has 25 heavy (non-hydrogen) atoms. The molecule has 0 amide bonds. The molecule has 0 radical (unpaired) electrons. The molecular formula is C19H19N5O. The van der Waals surface area contributed by atoms with Gasteiger partial charge in [-0.1, -0.05) is 29.8 Å². The van der Waals surface area contributed by atoms with E-state index < -0.39 is 6.10 Å². The Morgan fingerprint density at radius 2 is 1.84 bits per heavy atom. The zero-order chi connectivity index (χ0) is 17.0. The lowest BCUT2D eigenvalue weighted by Gasteiger charge is -2.13. The predicted octanol–water partition coefficient (Wildman–Crippen LogP) is 1.88. The van der Waals surface area contributed by atoms with E-state index in [0.29, 0.717) is 11.5 Å². The number of nitrogens with one attached hydrogen (secondary N) is 3. The van der Waals surface area contributed by atoms with Gasteiger partial charge in [0.15, 0.2) is 0 Å². The molecular weight excluding hydrogens is 314 g/mol. The molecule has 0 saturated heterocycles. The highest BCUT2D eigenvalue weighted by Gasteiger charge is 2.34. The van der Waals surface area contributed by atoms with E-state index in [0.717, 1.165) is 29.7 Å². The number of aliphatic hydroxyl groups is 1. The van der Waals surface area contributed by atoms with Crippen molar-refractivity contribution in [3.63, 3.8) is 0 Å². The fourth-order valence-electron chi connectivity index (χ4n) is 3.58. The van der Waals surface area contributed by atoms with Gasteiger partial charge in [0, 0.05) is 18.7 Å². The quantitative estimate of drug-likeness (QED) is 0.577. The van der Waals surface area contributed by atoms with Crippen LogP contribution in [0, 0.1) is 6.92 Å². The van der Waals surface area contributed by atoms with Gasteiger partial charge in [-0.15, -0.1) is 0 Å². The van der Waals surface area contributed by atoms with Gasteiger partial charge in [-0.2, -0.15) is 5.10 Å². The molecule has 2 aromatic carbocycles. The predicted molar refractivity (Wildman–Crippen MR) is 96.2 cm³/mol. The molecule has 2 atom stereocenters. The van der Waals surface area contributed by atoms with E-state index in [2.05, 4.69) is 37.9 Å². The number of fused-ring (bicyclic) bond motifs is 2. The molecule has 0 spiro atoms. The second-order valence-corrected chi connectivity index (χ2v) is 6.78. The highest BCUT2D eigenvalue weighted by molar-refractivity contribution is 6.05. The third kappa shape index (κ3) is 2.33. The summed E-state index contributed by atoms with van der Waals surface area (Å²) in [5.74, 6) is 0.713. The summed E-state index contributed by atoms with van der Waals surface area (Å²) in [6.45, 7) is 3.82. The van der Waals surface area contributed by atoms with Crippen LogP contribution < -0.4 is 10.7 Å². The molecule has 0 aliphatic carbocycles. The van der Waals surface area contributed by atoms with Gasteiger partial charge >= 0.3 is 0 Å². The van der Waals surface area contributed by atoms with Crippen LogP contribution in [0.25, 0.3) is 11.0 Å². The number of aromatic amines is 1. The minimum absolute atomic E-state index is 0.364. The average Bonchev–Trinajstić information content (AvgIpc) is 3.30. The molecule has 4 N–H and O–H groups in total. The molecule has 5 rings (SSSR count). The fourth-order valence-corrected chi connectivity index (χ4v) is 3.58. The van der Waals surface area contributed by atoms with Gasteiger partial charge < -0.3 is 15.4 Å². The number of imidazole rings is 1. The molecule has 0 bridgehead atoms. The molecule has 6 heteroatoms. The molecule has 0 fully saturated rings. The SMILES string of the molecule is Cc1ccc(C2=NNC(c3nc4cc5c(cc4[nH]3)CNC5)C2O)cc1. The number of aryl methyl sites for hydroxylation is 1. The molecule has 2 aliphatic rings. The largest absolute Gasteiger partial charge is 0.384 e. The lowest BCUT2D eigenvalue weighted by atomic mass is 10.00. The van der Waals surface area contributed by atoms with Crippen molar-refractivity contribution in [3.8, 4) is 0 Å². The monoisotopic (exact) mass is 333 g/mol. The normalized spacial score (nSPS) is 22.1. The number of aliphatic hydroxyl groups excluding tert-OH is 1. The highest BCUT2D eigenvalue weighted by Crippen LogP contribution is 2.27. The number of hydrogen-bond donors (Lipinski definition) is 4. The van der Waals surface area contributed by atoms with Crippen LogP contribution in [0.15, 0.2) is 41.5 Å². The molecule has 3 aromatic rings. The summed E-state index contributed by atoms with van der Waals surface area (Å²) in [6, 6.07) is 11.9. The molecule has 2 aliphatic heterocycles. The third-order valence-corrected chi connectivity index (χ3v) is 5.01. The van der Waals surface area contributed by atoms with Gasteiger partial charge in [0.1, 0.15) is 18.0 Å². The smallest absolute Gasteiger partial charge is 0.134 e. The number of benzene rings is 2. The Hall–Kier alpha value is -2.70. The Morgan fingerprint density at radius 1 is 1.08 bits per heavy atom. The first-order chi connectivity index (χ1) is 12.2. The van der Waals surface area contributed by atoms with Crippen molar-refractivity contribution in [1.82, 2.24) is 20.7 Å². The fraction of sp³-hybridized carbons (Fsp3) is 0.263. The standard InChI is InChI=1S/C19H19N5O/c1-10-2-4-11(5-3-10)16-18(25)17(24-23-16)19-21-14-6-12-8-20-9-13(12)7-15(14)22-19/h2-7,17-18,20,24-25H,8-9H2,1H3,(H,21,22). The minimum atomic E-state index is -0.739. The van der Waals surface area contributed by atoms with Gasteiger partial charge in [0.05, 0.1) is 16.7 Å². The van der Waals surface area contributed by atoms with Crippen LogP contribution in [0.2, 0.25) is 0 Å². The third-order valence-electron chi connectivity index (χ3n) is 5.01. The maximum atomic E-state index is 10.8. The summed E-state index contributed by atoms with van der Waals surface area (Å²) in [6.07, 6.45) is -0.739. The van der Waals surface area contributed by atoms with E-state index in [1.54, 1.807) is 0 Å². The lowest BCUT2D eigenvalue weighted by Crippen LogP contribution is -2.28. The molecule has 6 nitrogen and oxygen atoms in total. The van der Waals surface area contributed by atoms with Crippen molar-refractivity contribution < 1.29 is 5.11 Å². The van der Waals surface area contributed by atoms with E-state index in [-0.39, 0.29) is 6.04 Å². The Labute approximate surface area is 145 Å². The van der Waals surface area contributed by atoms with Crippen molar-refractivity contribution >= 4 is 16.7 Å². The van der Waals surface area contributed by atoms with Crippen LogP contribution in [-0.2, 0) is 13.1 Å². The summed E-state index contributed by atoms with van der Waals surface area (Å²) in [5.41, 5.74) is 10.3. The van der Waals surface area contributed by atoms with Crippen molar-refractivity contribution in [2.24, 2.45) is 5.10 Å². The second-order valence-electron chi connectivity index (χ2n) is 6.78. The van der Waals surface area contributed by atoms with E-state index in [4.69, 9.17) is 0 Å². The number of rotatable bonds is 2. The van der Waals surface area contributed by atoms with Gasteiger partial charge in [0.25, 0.3) is 0 Å². The maximum absolute atomic E-state index is 10.8. The van der Waals surface area contributed by atoms with Crippen LogP contribution in [0.5, 0.6) is 0 Å². The van der Waals surface area contributed by atoms with Gasteiger partial charge in [0.2, 0.25) is 0 Å². The van der Waals surface area contributed by atoms with Crippen LogP contribution in [-0.4, -0.2) is 26.9 Å². The van der Waals surface area contributed by atoms with Crippen molar-refractivity contribution in [2.75, 3.05) is 0 Å². The number of H-pyrrole nitrogens is 1. The summed E-state index contributed by atoms with van der Waals surface area (Å²) in [7, 11) is 0. The van der Waals surface area contributed by atoms with E-state index in [9.17, 15) is 5.11 Å². The molecule has 1 aromatic heterocycles. The maximum Gasteiger partial charge on any atom is 0.134 e. The van der Waals surface area contributed by atoms with Gasteiger partial charge in [-0.3, -0.25) is 5.43 Å². The topological polar surface area (TPSA) is 85.3 Å². The van der Waals surface area contributed by atoms with E-state index in [1.807, 2.05) is 31.2 Å².